The van der Waals surface area contributed by atoms with Crippen LogP contribution >= 0.6 is 0 Å². The van der Waals surface area contributed by atoms with Gasteiger partial charge < -0.3 is 24.2 Å². The van der Waals surface area contributed by atoms with E-state index in [1.165, 1.54) is 0 Å². The van der Waals surface area contributed by atoms with Crippen LogP contribution in [0.4, 0.5) is 5.82 Å². The lowest BCUT2D eigenvalue weighted by atomic mass is 10.1. The van der Waals surface area contributed by atoms with E-state index in [9.17, 15) is 9.59 Å². The van der Waals surface area contributed by atoms with Crippen LogP contribution in [0.15, 0.2) is 43.0 Å². The fourth-order valence-corrected chi connectivity index (χ4v) is 3.73. The number of rotatable bonds is 9. The van der Waals surface area contributed by atoms with Crippen molar-refractivity contribution in [2.45, 2.75) is 13.3 Å². The molecule has 2 amide bonds. The number of benzene rings is 1. The van der Waals surface area contributed by atoms with Crippen molar-refractivity contribution in [3.8, 4) is 22.8 Å². The number of carbonyl (C=O) groups is 2. The third-order valence-electron chi connectivity index (χ3n) is 5.62. The summed E-state index contributed by atoms with van der Waals surface area (Å²) in [6.45, 7) is 8.35. The quantitative estimate of drug-likeness (QED) is 0.538. The molecule has 1 aromatic heterocycles. The zero-order valence-corrected chi connectivity index (χ0v) is 19.5. The monoisotopic (exact) mass is 453 g/mol. The first-order chi connectivity index (χ1) is 16.0. The molecule has 0 radical (unpaired) electrons. The highest BCUT2D eigenvalue weighted by atomic mass is 16.5. The molecule has 33 heavy (non-hydrogen) atoms. The number of hydrogen-bond donors (Lipinski definition) is 0. The lowest BCUT2D eigenvalue weighted by molar-refractivity contribution is -0.140. The van der Waals surface area contributed by atoms with Crippen LogP contribution in [0.25, 0.3) is 11.3 Å². The molecule has 0 unspecified atom stereocenters. The number of aromatic nitrogens is 2. The molecule has 1 aliphatic heterocycles. The fraction of sp³-hybridized carbons (Fsp3) is 0.417. The second-order valence-electron chi connectivity index (χ2n) is 7.63. The van der Waals surface area contributed by atoms with Crippen molar-refractivity contribution >= 4 is 17.6 Å². The molecule has 176 valence electrons. The zero-order valence-electron chi connectivity index (χ0n) is 19.5. The Balaban J connectivity index is 1.61. The molecule has 1 aliphatic rings. The van der Waals surface area contributed by atoms with Crippen molar-refractivity contribution in [2.24, 2.45) is 0 Å². The van der Waals surface area contributed by atoms with Gasteiger partial charge in [-0.05, 0) is 24.3 Å². The predicted octanol–water partition coefficient (Wildman–Crippen LogP) is 2.23. The Hall–Kier alpha value is -3.62. The van der Waals surface area contributed by atoms with Gasteiger partial charge in [-0.2, -0.15) is 0 Å². The molecule has 9 nitrogen and oxygen atoms in total. The van der Waals surface area contributed by atoms with Crippen LogP contribution in [-0.2, 0) is 9.59 Å². The van der Waals surface area contributed by atoms with Gasteiger partial charge in [0.1, 0.15) is 18.0 Å². The summed E-state index contributed by atoms with van der Waals surface area (Å²) in [5.41, 5.74) is 1.54. The molecule has 2 heterocycles. The molecule has 0 atom stereocenters. The van der Waals surface area contributed by atoms with Crippen molar-refractivity contribution < 1.29 is 19.1 Å². The van der Waals surface area contributed by atoms with Crippen LogP contribution in [0.3, 0.4) is 0 Å². The van der Waals surface area contributed by atoms with Crippen molar-refractivity contribution in [3.05, 3.63) is 43.0 Å². The second kappa shape index (κ2) is 11.3. The van der Waals surface area contributed by atoms with Gasteiger partial charge in [0.2, 0.25) is 11.8 Å². The van der Waals surface area contributed by atoms with E-state index in [4.69, 9.17) is 9.47 Å². The first kappa shape index (κ1) is 24.0. The summed E-state index contributed by atoms with van der Waals surface area (Å²) in [7, 11) is 3.22. The Morgan fingerprint density at radius 2 is 1.85 bits per heavy atom. The summed E-state index contributed by atoms with van der Waals surface area (Å²) in [5.74, 6) is 2.03. The topological polar surface area (TPSA) is 88.1 Å². The highest BCUT2D eigenvalue weighted by molar-refractivity contribution is 5.85. The van der Waals surface area contributed by atoms with E-state index in [0.29, 0.717) is 56.3 Å². The lowest BCUT2D eigenvalue weighted by Gasteiger charge is -2.36. The van der Waals surface area contributed by atoms with Crippen molar-refractivity contribution in [2.75, 3.05) is 58.4 Å². The molecule has 0 bridgehead atoms. The van der Waals surface area contributed by atoms with E-state index >= 15 is 0 Å². The Morgan fingerprint density at radius 3 is 2.42 bits per heavy atom. The number of methoxy groups -OCH3 is 2. The van der Waals surface area contributed by atoms with E-state index in [-0.39, 0.29) is 18.4 Å². The number of amides is 2. The van der Waals surface area contributed by atoms with Gasteiger partial charge in [0, 0.05) is 50.8 Å². The minimum atomic E-state index is -0.0502. The summed E-state index contributed by atoms with van der Waals surface area (Å²) in [5, 5.41) is 8.78. The van der Waals surface area contributed by atoms with Gasteiger partial charge in [0.15, 0.2) is 5.82 Å². The third kappa shape index (κ3) is 5.79. The van der Waals surface area contributed by atoms with Crippen LogP contribution in [0.5, 0.6) is 11.5 Å². The summed E-state index contributed by atoms with van der Waals surface area (Å²) in [4.78, 5) is 30.1. The van der Waals surface area contributed by atoms with E-state index in [2.05, 4.69) is 21.7 Å². The van der Waals surface area contributed by atoms with Gasteiger partial charge in [-0.3, -0.25) is 9.59 Å². The highest BCUT2D eigenvalue weighted by Gasteiger charge is 2.24. The first-order valence-electron chi connectivity index (χ1n) is 11.0. The number of carbonyl (C=O) groups excluding carboxylic acids is 2. The number of piperazine rings is 1. The van der Waals surface area contributed by atoms with Crippen LogP contribution in [0.2, 0.25) is 0 Å². The molecule has 3 rings (SSSR count). The average Bonchev–Trinajstić information content (AvgIpc) is 2.87. The molecule has 1 aromatic carbocycles. The number of hydrogen-bond acceptors (Lipinski definition) is 7. The minimum Gasteiger partial charge on any atom is -0.497 e. The summed E-state index contributed by atoms with van der Waals surface area (Å²) in [6, 6.07) is 9.40. The molecule has 0 N–H and O–H groups in total. The first-order valence-corrected chi connectivity index (χ1v) is 11.0. The van der Waals surface area contributed by atoms with E-state index in [0.717, 1.165) is 11.4 Å². The van der Waals surface area contributed by atoms with Crippen LogP contribution in [0.1, 0.15) is 13.3 Å². The van der Waals surface area contributed by atoms with E-state index < -0.39 is 0 Å². The average molecular weight is 454 g/mol. The molecule has 0 aliphatic carbocycles. The second-order valence-corrected chi connectivity index (χ2v) is 7.63. The van der Waals surface area contributed by atoms with Gasteiger partial charge in [0.05, 0.1) is 19.9 Å². The molecule has 1 fully saturated rings. The fourth-order valence-electron chi connectivity index (χ4n) is 3.73. The summed E-state index contributed by atoms with van der Waals surface area (Å²) < 4.78 is 10.7. The number of nitrogens with zero attached hydrogens (tertiary/aromatic N) is 5. The molecular formula is C24H31N5O4. The van der Waals surface area contributed by atoms with Gasteiger partial charge in [-0.15, -0.1) is 16.8 Å². The van der Waals surface area contributed by atoms with Crippen molar-refractivity contribution in [1.29, 1.82) is 0 Å². The summed E-state index contributed by atoms with van der Waals surface area (Å²) >= 11 is 0. The van der Waals surface area contributed by atoms with Gasteiger partial charge in [0.25, 0.3) is 0 Å². The van der Waals surface area contributed by atoms with Gasteiger partial charge >= 0.3 is 0 Å². The van der Waals surface area contributed by atoms with Crippen molar-refractivity contribution in [3.63, 3.8) is 0 Å². The smallest absolute Gasteiger partial charge is 0.242 e. The Kier molecular flexibility index (Phi) is 8.23. The highest BCUT2D eigenvalue weighted by Crippen LogP contribution is 2.32. The Labute approximate surface area is 194 Å². The normalized spacial score (nSPS) is 13.4. The minimum absolute atomic E-state index is 0.0497. The molecule has 2 aromatic rings. The molecule has 0 saturated carbocycles. The maximum atomic E-state index is 12.7. The molecular weight excluding hydrogens is 422 g/mol. The Morgan fingerprint density at radius 1 is 1.09 bits per heavy atom. The van der Waals surface area contributed by atoms with E-state index in [1.54, 1.807) is 37.0 Å². The van der Waals surface area contributed by atoms with Gasteiger partial charge in [-0.25, -0.2) is 0 Å². The third-order valence-corrected chi connectivity index (χ3v) is 5.62. The van der Waals surface area contributed by atoms with E-state index in [1.807, 2.05) is 30.3 Å². The number of anilines is 1. The molecule has 0 spiro atoms. The maximum Gasteiger partial charge on any atom is 0.242 e. The molecule has 9 heteroatoms. The summed E-state index contributed by atoms with van der Waals surface area (Å²) in [6.07, 6.45) is 2.01. The largest absolute Gasteiger partial charge is 0.497 e. The van der Waals surface area contributed by atoms with Gasteiger partial charge in [-0.1, -0.05) is 13.0 Å². The predicted molar refractivity (Wildman–Crippen MR) is 126 cm³/mol. The van der Waals surface area contributed by atoms with Crippen molar-refractivity contribution in [1.82, 2.24) is 20.0 Å². The molecule has 1 saturated heterocycles. The lowest BCUT2D eigenvalue weighted by Crippen LogP contribution is -2.52. The van der Waals surface area contributed by atoms with Crippen LogP contribution in [0, 0.1) is 0 Å². The van der Waals surface area contributed by atoms with Crippen LogP contribution < -0.4 is 14.4 Å². The maximum absolute atomic E-state index is 12.7. The SMILES string of the molecule is C=CCN(CC(=O)N1CCN(c2ccc(-c3ccc(OC)cc3OC)nn2)CC1)C(=O)CC. The number of ether oxygens (including phenoxy) is 2. The Bertz CT molecular complexity index is 971. The van der Waals surface area contributed by atoms with Crippen LogP contribution in [-0.4, -0.2) is 85.3 Å². The zero-order chi connectivity index (χ0) is 23.8. The standard InChI is InChI=1S/C24H31N5O4/c1-5-11-29(23(30)6-2)17-24(31)28-14-12-27(13-15-28)22-10-9-20(25-26-22)19-8-7-18(32-3)16-21(19)33-4/h5,7-10,16H,1,6,11-15,17H2,2-4H3.